The number of hydrogen-bond donors (Lipinski definition) is 3. The molecule has 0 fully saturated rings. The van der Waals surface area contributed by atoms with Crippen molar-refractivity contribution in [3.05, 3.63) is 59.9 Å². The van der Waals surface area contributed by atoms with Gasteiger partial charge in [-0.1, -0.05) is 18.2 Å². The van der Waals surface area contributed by atoms with Gasteiger partial charge in [0.15, 0.2) is 5.96 Å². The van der Waals surface area contributed by atoms with E-state index in [9.17, 15) is 5.11 Å². The lowest BCUT2D eigenvalue weighted by atomic mass is 10.1. The number of guanidine groups is 1. The number of aromatic nitrogens is 1. The highest BCUT2D eigenvalue weighted by molar-refractivity contribution is 14.0. The van der Waals surface area contributed by atoms with Gasteiger partial charge in [0.05, 0.1) is 18.8 Å². The zero-order valence-electron chi connectivity index (χ0n) is 16.8. The molecule has 6 nitrogen and oxygen atoms in total. The van der Waals surface area contributed by atoms with Crippen molar-refractivity contribution in [2.24, 2.45) is 4.99 Å². The number of ether oxygens (including phenoxy) is 1. The predicted octanol–water partition coefficient (Wildman–Crippen LogP) is 3.32. The second kappa shape index (κ2) is 13.3. The minimum Gasteiger partial charge on any atom is -0.491 e. The van der Waals surface area contributed by atoms with Crippen LogP contribution in [0.15, 0.2) is 53.8 Å². The van der Waals surface area contributed by atoms with Crippen LogP contribution in [0.1, 0.15) is 38.0 Å². The minimum atomic E-state index is -0.686. The van der Waals surface area contributed by atoms with Gasteiger partial charge in [0.2, 0.25) is 0 Å². The Balaban J connectivity index is 0.00000392. The number of aliphatic hydroxyl groups excluding tert-OH is 1. The van der Waals surface area contributed by atoms with Gasteiger partial charge in [-0.05, 0) is 56.5 Å². The summed E-state index contributed by atoms with van der Waals surface area (Å²) in [7, 11) is 0. The van der Waals surface area contributed by atoms with Gasteiger partial charge < -0.3 is 20.5 Å². The van der Waals surface area contributed by atoms with E-state index in [4.69, 9.17) is 4.74 Å². The van der Waals surface area contributed by atoms with Crippen LogP contribution in [0.3, 0.4) is 0 Å². The summed E-state index contributed by atoms with van der Waals surface area (Å²) >= 11 is 0. The van der Waals surface area contributed by atoms with Crippen molar-refractivity contribution in [1.29, 1.82) is 0 Å². The molecule has 1 aromatic carbocycles. The first-order valence-corrected chi connectivity index (χ1v) is 9.44. The zero-order valence-corrected chi connectivity index (χ0v) is 19.1. The van der Waals surface area contributed by atoms with Crippen LogP contribution < -0.4 is 15.4 Å². The molecule has 1 unspecified atom stereocenters. The van der Waals surface area contributed by atoms with Crippen LogP contribution in [0.5, 0.6) is 5.75 Å². The van der Waals surface area contributed by atoms with Crippen LogP contribution in [-0.4, -0.2) is 41.8 Å². The summed E-state index contributed by atoms with van der Waals surface area (Å²) in [4.78, 5) is 8.62. The largest absolute Gasteiger partial charge is 0.491 e. The van der Waals surface area contributed by atoms with E-state index in [1.165, 1.54) is 5.56 Å². The summed E-state index contributed by atoms with van der Waals surface area (Å²) < 4.78 is 5.69. The number of rotatable bonds is 9. The molecule has 7 heteroatoms. The van der Waals surface area contributed by atoms with Crippen LogP contribution in [0.2, 0.25) is 0 Å². The van der Waals surface area contributed by atoms with Gasteiger partial charge >= 0.3 is 0 Å². The average Bonchev–Trinajstić information content (AvgIpc) is 2.66. The molecule has 154 valence electrons. The maximum Gasteiger partial charge on any atom is 0.191 e. The third-order valence-electron chi connectivity index (χ3n) is 3.81. The molecule has 0 amide bonds. The van der Waals surface area contributed by atoms with Crippen molar-refractivity contribution in [1.82, 2.24) is 15.6 Å². The molecular weight excluding hydrogens is 467 g/mol. The van der Waals surface area contributed by atoms with Gasteiger partial charge in [-0.25, -0.2) is 0 Å². The van der Waals surface area contributed by atoms with E-state index in [1.54, 1.807) is 6.20 Å². The summed E-state index contributed by atoms with van der Waals surface area (Å²) in [6, 6.07) is 11.5. The molecule has 0 aliphatic rings. The molecular formula is C21H31IN4O2. The number of nitrogens with zero attached hydrogens (tertiary/aromatic N) is 2. The first kappa shape index (κ1) is 24.2. The SMILES string of the molecule is CCNC(=NCC(O)c1cccc(OC(C)C)c1)NCCc1cccnc1.I. The standard InChI is InChI=1S/C21H30N4O2.HI/c1-4-23-21(24-12-10-17-7-6-11-22-14-17)25-15-20(26)18-8-5-9-19(13-18)27-16(2)3;/h5-9,11,13-14,16,20,26H,4,10,12,15H2,1-3H3,(H2,23,24,25);1H. The van der Waals surface area contributed by atoms with Crippen molar-refractivity contribution < 1.29 is 9.84 Å². The Bertz CT molecular complexity index is 711. The Morgan fingerprint density at radius 2 is 2.04 bits per heavy atom. The van der Waals surface area contributed by atoms with Crippen LogP contribution in [-0.2, 0) is 6.42 Å². The van der Waals surface area contributed by atoms with E-state index >= 15 is 0 Å². The molecule has 1 aromatic heterocycles. The van der Waals surface area contributed by atoms with Crippen molar-refractivity contribution in [3.8, 4) is 5.75 Å². The molecule has 0 saturated heterocycles. The smallest absolute Gasteiger partial charge is 0.191 e. The lowest BCUT2D eigenvalue weighted by molar-refractivity contribution is 0.185. The molecule has 0 aliphatic heterocycles. The molecule has 0 bridgehead atoms. The van der Waals surface area contributed by atoms with E-state index in [2.05, 4.69) is 26.7 Å². The van der Waals surface area contributed by atoms with E-state index < -0.39 is 6.10 Å². The molecule has 2 aromatic rings. The van der Waals surface area contributed by atoms with Crippen LogP contribution >= 0.6 is 24.0 Å². The van der Waals surface area contributed by atoms with Crippen LogP contribution in [0.4, 0.5) is 0 Å². The fourth-order valence-corrected chi connectivity index (χ4v) is 2.56. The van der Waals surface area contributed by atoms with E-state index in [0.29, 0.717) is 5.96 Å². The number of hydrogen-bond acceptors (Lipinski definition) is 4. The van der Waals surface area contributed by atoms with Crippen LogP contribution in [0, 0.1) is 0 Å². The van der Waals surface area contributed by atoms with Gasteiger partial charge in [0, 0.05) is 25.5 Å². The van der Waals surface area contributed by atoms with Crippen LogP contribution in [0.25, 0.3) is 0 Å². The fourth-order valence-electron chi connectivity index (χ4n) is 2.56. The predicted molar refractivity (Wildman–Crippen MR) is 125 cm³/mol. The van der Waals surface area contributed by atoms with Crippen molar-refractivity contribution >= 4 is 29.9 Å². The number of halogens is 1. The second-order valence-corrected chi connectivity index (χ2v) is 6.51. The first-order valence-electron chi connectivity index (χ1n) is 9.44. The summed E-state index contributed by atoms with van der Waals surface area (Å²) in [6.07, 6.45) is 3.90. The maximum absolute atomic E-state index is 10.5. The fraction of sp³-hybridized carbons (Fsp3) is 0.429. The van der Waals surface area contributed by atoms with Gasteiger partial charge in [-0.15, -0.1) is 24.0 Å². The number of aliphatic imine (C=N–C) groups is 1. The van der Waals surface area contributed by atoms with E-state index in [1.807, 2.05) is 57.3 Å². The number of nitrogens with one attached hydrogen (secondary N) is 2. The van der Waals surface area contributed by atoms with Gasteiger partial charge in [-0.2, -0.15) is 0 Å². The molecule has 1 heterocycles. The van der Waals surface area contributed by atoms with Crippen molar-refractivity contribution in [2.75, 3.05) is 19.6 Å². The molecule has 0 aliphatic carbocycles. The highest BCUT2D eigenvalue weighted by atomic mass is 127. The third-order valence-corrected chi connectivity index (χ3v) is 3.81. The number of benzene rings is 1. The van der Waals surface area contributed by atoms with Gasteiger partial charge in [0.1, 0.15) is 5.75 Å². The molecule has 0 saturated carbocycles. The lowest BCUT2D eigenvalue weighted by Crippen LogP contribution is -2.38. The molecule has 1 atom stereocenters. The van der Waals surface area contributed by atoms with Gasteiger partial charge in [0.25, 0.3) is 0 Å². The molecule has 0 radical (unpaired) electrons. The average molecular weight is 498 g/mol. The Kier molecular flexibility index (Phi) is 11.5. The zero-order chi connectivity index (χ0) is 19.5. The minimum absolute atomic E-state index is 0. The van der Waals surface area contributed by atoms with E-state index in [-0.39, 0.29) is 36.6 Å². The summed E-state index contributed by atoms with van der Waals surface area (Å²) in [6.45, 7) is 7.74. The lowest BCUT2D eigenvalue weighted by Gasteiger charge is -2.15. The molecule has 2 rings (SSSR count). The molecule has 28 heavy (non-hydrogen) atoms. The Hall–Kier alpha value is -1.87. The Labute approximate surface area is 184 Å². The Morgan fingerprint density at radius 1 is 1.21 bits per heavy atom. The summed E-state index contributed by atoms with van der Waals surface area (Å²) in [5.74, 6) is 1.45. The first-order chi connectivity index (χ1) is 13.1. The second-order valence-electron chi connectivity index (χ2n) is 6.51. The van der Waals surface area contributed by atoms with Crippen molar-refractivity contribution in [2.45, 2.75) is 39.4 Å². The number of aliphatic hydroxyl groups is 1. The Morgan fingerprint density at radius 3 is 2.71 bits per heavy atom. The van der Waals surface area contributed by atoms with Gasteiger partial charge in [-0.3, -0.25) is 9.98 Å². The third kappa shape index (κ3) is 8.88. The van der Waals surface area contributed by atoms with Crippen molar-refractivity contribution in [3.63, 3.8) is 0 Å². The molecule has 3 N–H and O–H groups in total. The quantitative estimate of drug-likeness (QED) is 0.281. The van der Waals surface area contributed by atoms with E-state index in [0.717, 1.165) is 30.8 Å². The topological polar surface area (TPSA) is 78.8 Å². The maximum atomic E-state index is 10.5. The summed E-state index contributed by atoms with van der Waals surface area (Å²) in [5.41, 5.74) is 1.96. The number of pyridine rings is 1. The monoisotopic (exact) mass is 498 g/mol. The highest BCUT2D eigenvalue weighted by Gasteiger charge is 2.09. The highest BCUT2D eigenvalue weighted by Crippen LogP contribution is 2.20. The normalized spacial score (nSPS) is 12.2. The summed E-state index contributed by atoms with van der Waals surface area (Å²) in [5, 5.41) is 17.0. The molecule has 0 spiro atoms.